The minimum Gasteiger partial charge on any atom is -0.325 e. The molecule has 6 nitrogen and oxygen atoms in total. The third kappa shape index (κ3) is 6.27. The molecule has 1 heterocycles. The van der Waals surface area contributed by atoms with E-state index in [1.807, 2.05) is 18.2 Å². The van der Waals surface area contributed by atoms with Gasteiger partial charge in [0.05, 0.1) is 21.5 Å². The van der Waals surface area contributed by atoms with Crippen molar-refractivity contribution >= 4 is 62.3 Å². The number of thiazole rings is 1. The number of benzene rings is 3. The van der Waals surface area contributed by atoms with Crippen LogP contribution in [0.4, 0.5) is 35.0 Å². The Bertz CT molecular complexity index is 1330. The van der Waals surface area contributed by atoms with Gasteiger partial charge in [0.2, 0.25) is 5.91 Å². The fourth-order valence-electron chi connectivity index (χ4n) is 2.96. The maximum Gasteiger partial charge on any atom is 0.416 e. The van der Waals surface area contributed by atoms with Crippen LogP contribution in [-0.4, -0.2) is 22.7 Å². The average Bonchev–Trinajstić information content (AvgIpc) is 3.20. The van der Waals surface area contributed by atoms with Crippen LogP contribution in [0.3, 0.4) is 0 Å². The lowest BCUT2D eigenvalue weighted by Gasteiger charge is -2.10. The number of nitrogens with one attached hydrogen (secondary N) is 3. The number of alkyl halides is 3. The van der Waals surface area contributed by atoms with Gasteiger partial charge in [-0.2, -0.15) is 13.2 Å². The molecule has 3 aromatic carbocycles. The first-order valence-corrected chi connectivity index (χ1v) is 11.7. The van der Waals surface area contributed by atoms with Crippen molar-refractivity contribution in [3.8, 4) is 0 Å². The van der Waals surface area contributed by atoms with Crippen molar-refractivity contribution in [2.75, 3.05) is 21.7 Å². The number of para-hydroxylation sites is 1. The summed E-state index contributed by atoms with van der Waals surface area (Å²) < 4.78 is 40.0. The van der Waals surface area contributed by atoms with Crippen molar-refractivity contribution in [1.29, 1.82) is 0 Å². The van der Waals surface area contributed by atoms with Crippen LogP contribution in [0.15, 0.2) is 77.1 Å². The number of hydrogen-bond acceptors (Lipinski definition) is 5. The van der Waals surface area contributed by atoms with Gasteiger partial charge < -0.3 is 16.0 Å². The molecule has 4 rings (SSSR count). The standard InChI is InChI=1S/C23H17F3N4O2S2/c24-23(25,26)14-5-4-8-16(11-14)28-21(32)29-17-9-10-18-19(12-17)34-22(30-18)33-13-20(31)27-15-6-2-1-3-7-15/h1-12H,13H2,(H,27,31)(H2,28,29,32). The molecule has 1 aromatic heterocycles. The summed E-state index contributed by atoms with van der Waals surface area (Å²) in [6, 6.07) is 17.9. The molecule has 0 saturated carbocycles. The van der Waals surface area contributed by atoms with Gasteiger partial charge in [0.1, 0.15) is 0 Å². The Kier molecular flexibility index (Phi) is 7.03. The molecule has 11 heteroatoms. The average molecular weight is 503 g/mol. The molecule has 0 bridgehead atoms. The molecule has 174 valence electrons. The zero-order chi connectivity index (χ0) is 24.1. The van der Waals surface area contributed by atoms with Crippen LogP contribution in [0.2, 0.25) is 0 Å². The van der Waals surface area contributed by atoms with Crippen molar-refractivity contribution in [3.05, 3.63) is 78.4 Å². The van der Waals surface area contributed by atoms with E-state index < -0.39 is 17.8 Å². The first-order valence-electron chi connectivity index (χ1n) is 9.90. The molecule has 4 aromatic rings. The predicted molar refractivity (Wildman–Crippen MR) is 130 cm³/mol. The summed E-state index contributed by atoms with van der Waals surface area (Å²) >= 11 is 2.67. The van der Waals surface area contributed by atoms with Gasteiger partial charge in [-0.3, -0.25) is 4.79 Å². The minimum atomic E-state index is -4.50. The second-order valence-corrected chi connectivity index (χ2v) is 9.28. The van der Waals surface area contributed by atoms with Gasteiger partial charge in [-0.25, -0.2) is 9.78 Å². The number of aromatic nitrogens is 1. The van der Waals surface area contributed by atoms with Gasteiger partial charge in [-0.1, -0.05) is 36.0 Å². The molecule has 0 unspecified atom stereocenters. The number of carbonyl (C=O) groups excluding carboxylic acids is 2. The molecule has 0 aliphatic heterocycles. The highest BCUT2D eigenvalue weighted by molar-refractivity contribution is 8.01. The van der Waals surface area contributed by atoms with Crippen LogP contribution < -0.4 is 16.0 Å². The van der Waals surface area contributed by atoms with Crippen molar-refractivity contribution in [1.82, 2.24) is 4.98 Å². The highest BCUT2D eigenvalue weighted by Crippen LogP contribution is 2.32. The quantitative estimate of drug-likeness (QED) is 0.257. The first kappa shape index (κ1) is 23.6. The number of thioether (sulfide) groups is 1. The summed E-state index contributed by atoms with van der Waals surface area (Å²) in [5, 5.41) is 7.81. The molecular formula is C23H17F3N4O2S2. The summed E-state index contributed by atoms with van der Waals surface area (Å²) in [5.74, 6) is 0.0447. The fraction of sp³-hybridized carbons (Fsp3) is 0.0870. The van der Waals surface area contributed by atoms with Gasteiger partial charge >= 0.3 is 12.2 Å². The van der Waals surface area contributed by atoms with E-state index in [4.69, 9.17) is 0 Å². The summed E-state index contributed by atoms with van der Waals surface area (Å²) in [5.41, 5.74) is 1.06. The van der Waals surface area contributed by atoms with E-state index in [9.17, 15) is 22.8 Å². The lowest BCUT2D eigenvalue weighted by atomic mass is 10.2. The number of fused-ring (bicyclic) bond motifs is 1. The molecule has 3 N–H and O–H groups in total. The van der Waals surface area contributed by atoms with Crippen molar-refractivity contribution in [3.63, 3.8) is 0 Å². The third-order valence-corrected chi connectivity index (χ3v) is 6.62. The van der Waals surface area contributed by atoms with E-state index in [2.05, 4.69) is 20.9 Å². The Morgan fingerprint density at radius 2 is 1.56 bits per heavy atom. The zero-order valence-electron chi connectivity index (χ0n) is 17.3. The van der Waals surface area contributed by atoms with Crippen molar-refractivity contribution in [2.24, 2.45) is 0 Å². The van der Waals surface area contributed by atoms with Crippen LogP contribution in [0, 0.1) is 0 Å². The Morgan fingerprint density at radius 1 is 0.853 bits per heavy atom. The summed E-state index contributed by atoms with van der Waals surface area (Å²) in [6.07, 6.45) is -4.50. The van der Waals surface area contributed by atoms with Crippen molar-refractivity contribution in [2.45, 2.75) is 10.5 Å². The zero-order valence-corrected chi connectivity index (χ0v) is 19.0. The molecule has 0 atom stereocenters. The normalized spacial score (nSPS) is 11.3. The number of hydrogen-bond donors (Lipinski definition) is 3. The number of carbonyl (C=O) groups is 2. The lowest BCUT2D eigenvalue weighted by molar-refractivity contribution is -0.137. The summed E-state index contributed by atoms with van der Waals surface area (Å²) in [6.45, 7) is 0. The largest absolute Gasteiger partial charge is 0.416 e. The van der Waals surface area contributed by atoms with Crippen molar-refractivity contribution < 1.29 is 22.8 Å². The highest BCUT2D eigenvalue weighted by Gasteiger charge is 2.30. The molecule has 0 aliphatic carbocycles. The molecule has 0 radical (unpaired) electrons. The second kappa shape index (κ2) is 10.1. The Labute approximate surface area is 200 Å². The monoisotopic (exact) mass is 502 g/mol. The smallest absolute Gasteiger partial charge is 0.325 e. The van der Waals surface area contributed by atoms with Gasteiger partial charge in [-0.15, -0.1) is 11.3 Å². The van der Waals surface area contributed by atoms with E-state index in [-0.39, 0.29) is 17.3 Å². The molecule has 0 aliphatic rings. The maximum absolute atomic E-state index is 12.8. The summed E-state index contributed by atoms with van der Waals surface area (Å²) in [4.78, 5) is 28.9. The number of anilines is 3. The Balaban J connectivity index is 1.35. The van der Waals surface area contributed by atoms with Gasteiger partial charge in [0.25, 0.3) is 0 Å². The molecule has 0 spiro atoms. The molecule has 0 saturated heterocycles. The Morgan fingerprint density at radius 3 is 2.29 bits per heavy atom. The number of nitrogens with zero attached hydrogens (tertiary/aromatic N) is 1. The maximum atomic E-state index is 12.8. The number of rotatable bonds is 6. The van der Waals surface area contributed by atoms with Gasteiger partial charge in [-0.05, 0) is 48.5 Å². The van der Waals surface area contributed by atoms with E-state index in [0.29, 0.717) is 15.5 Å². The molecule has 0 fully saturated rings. The molecule has 3 amide bonds. The van der Waals surface area contributed by atoms with Gasteiger partial charge in [0, 0.05) is 17.1 Å². The summed E-state index contributed by atoms with van der Waals surface area (Å²) in [7, 11) is 0. The van der Waals surface area contributed by atoms with E-state index in [1.165, 1.54) is 35.2 Å². The fourth-order valence-corrected chi connectivity index (χ4v) is 4.86. The minimum absolute atomic E-state index is 0.0265. The van der Waals surface area contributed by atoms with Crippen LogP contribution in [0.25, 0.3) is 10.2 Å². The van der Waals surface area contributed by atoms with Crippen LogP contribution in [0.5, 0.6) is 0 Å². The number of halogens is 3. The van der Waals surface area contributed by atoms with Crippen LogP contribution in [-0.2, 0) is 11.0 Å². The second-order valence-electron chi connectivity index (χ2n) is 7.02. The highest BCUT2D eigenvalue weighted by atomic mass is 32.2. The predicted octanol–water partition coefficient (Wildman–Crippen LogP) is 6.69. The molecule has 34 heavy (non-hydrogen) atoms. The van der Waals surface area contributed by atoms with E-state index in [0.717, 1.165) is 22.5 Å². The number of amides is 3. The topological polar surface area (TPSA) is 83.1 Å². The number of urea groups is 1. The lowest BCUT2D eigenvalue weighted by Crippen LogP contribution is -2.19. The first-order chi connectivity index (χ1) is 16.3. The SMILES string of the molecule is O=C(CSc1nc2ccc(NC(=O)Nc3cccc(C(F)(F)F)c3)cc2s1)Nc1ccccc1. The van der Waals surface area contributed by atoms with Gasteiger partial charge in [0.15, 0.2) is 4.34 Å². The molecular weight excluding hydrogens is 485 g/mol. The Hall–Kier alpha value is -3.57. The van der Waals surface area contributed by atoms with E-state index >= 15 is 0 Å². The van der Waals surface area contributed by atoms with Crippen LogP contribution >= 0.6 is 23.1 Å². The van der Waals surface area contributed by atoms with Crippen LogP contribution in [0.1, 0.15) is 5.56 Å². The van der Waals surface area contributed by atoms with E-state index in [1.54, 1.807) is 30.3 Å². The third-order valence-electron chi connectivity index (χ3n) is 4.46.